The first kappa shape index (κ1) is 16.8. The lowest BCUT2D eigenvalue weighted by Gasteiger charge is -2.12. The predicted octanol–water partition coefficient (Wildman–Crippen LogP) is 3.97. The molecule has 3 rings (SSSR count). The van der Waals surface area contributed by atoms with Crippen LogP contribution in [0.3, 0.4) is 0 Å². The van der Waals surface area contributed by atoms with Gasteiger partial charge in [-0.2, -0.15) is 0 Å². The summed E-state index contributed by atoms with van der Waals surface area (Å²) >= 11 is 0. The van der Waals surface area contributed by atoms with E-state index in [4.69, 9.17) is 4.74 Å². The third-order valence-corrected chi connectivity index (χ3v) is 4.00. The summed E-state index contributed by atoms with van der Waals surface area (Å²) in [6.45, 7) is 5.55. The number of H-pyrrole nitrogens is 1. The Morgan fingerprint density at radius 1 is 1.08 bits per heavy atom. The van der Waals surface area contributed by atoms with Crippen molar-refractivity contribution >= 4 is 28.5 Å². The second-order valence-electron chi connectivity index (χ2n) is 6.13. The van der Waals surface area contributed by atoms with Crippen LogP contribution < -0.4 is 5.32 Å². The number of benzene rings is 2. The molecule has 0 saturated carbocycles. The van der Waals surface area contributed by atoms with Crippen molar-refractivity contribution in [2.75, 3.05) is 5.32 Å². The van der Waals surface area contributed by atoms with E-state index >= 15 is 0 Å². The van der Waals surface area contributed by atoms with Crippen LogP contribution in [0.4, 0.5) is 5.69 Å². The molecule has 128 valence electrons. The Balaban J connectivity index is 1.71. The lowest BCUT2D eigenvalue weighted by atomic mass is 10.1. The van der Waals surface area contributed by atoms with Gasteiger partial charge in [0.25, 0.3) is 5.91 Å². The van der Waals surface area contributed by atoms with E-state index < -0.39 is 12.1 Å². The second-order valence-corrected chi connectivity index (χ2v) is 6.13. The number of carbonyl (C=O) groups excluding carboxylic acids is 2. The van der Waals surface area contributed by atoms with Gasteiger partial charge in [0.2, 0.25) is 0 Å². The third-order valence-electron chi connectivity index (χ3n) is 4.00. The van der Waals surface area contributed by atoms with E-state index in [0.29, 0.717) is 11.4 Å². The number of aromatic amines is 1. The zero-order chi connectivity index (χ0) is 18.0. The summed E-state index contributed by atoms with van der Waals surface area (Å²) in [4.78, 5) is 27.6. The molecule has 0 aliphatic rings. The maximum atomic E-state index is 12.3. The van der Waals surface area contributed by atoms with Crippen molar-refractivity contribution in [2.24, 2.45) is 0 Å². The minimum Gasteiger partial charge on any atom is -0.448 e. The molecule has 1 unspecified atom stereocenters. The van der Waals surface area contributed by atoms with Crippen LogP contribution in [-0.4, -0.2) is 23.0 Å². The Hall–Kier alpha value is -3.08. The van der Waals surface area contributed by atoms with Gasteiger partial charge in [0.05, 0.1) is 0 Å². The first-order valence-electron chi connectivity index (χ1n) is 8.11. The number of esters is 1. The summed E-state index contributed by atoms with van der Waals surface area (Å²) in [5.41, 5.74) is 4.07. The Morgan fingerprint density at radius 3 is 2.52 bits per heavy atom. The third kappa shape index (κ3) is 3.71. The minimum absolute atomic E-state index is 0.336. The number of amides is 1. The number of anilines is 1. The fourth-order valence-corrected chi connectivity index (χ4v) is 2.75. The van der Waals surface area contributed by atoms with Crippen LogP contribution in [0.15, 0.2) is 48.5 Å². The molecule has 1 atom stereocenters. The minimum atomic E-state index is -0.901. The Bertz CT molecular complexity index is 929. The lowest BCUT2D eigenvalue weighted by molar-refractivity contribution is -0.123. The van der Waals surface area contributed by atoms with Gasteiger partial charge in [0.1, 0.15) is 5.69 Å². The van der Waals surface area contributed by atoms with Crippen LogP contribution in [0.1, 0.15) is 28.5 Å². The highest BCUT2D eigenvalue weighted by molar-refractivity contribution is 5.99. The van der Waals surface area contributed by atoms with Crippen molar-refractivity contribution in [2.45, 2.75) is 26.9 Å². The standard InChI is InChI=1S/C20H20N2O3/c1-12-9-13(2)16-11-18(22-17(16)10-12)20(24)25-14(3)19(23)21-15-7-5-4-6-8-15/h4-11,14,22H,1-3H3,(H,21,23). The largest absolute Gasteiger partial charge is 0.448 e. The molecule has 0 aliphatic heterocycles. The fraction of sp³-hybridized carbons (Fsp3) is 0.200. The highest BCUT2D eigenvalue weighted by atomic mass is 16.5. The van der Waals surface area contributed by atoms with Crippen LogP contribution in [0, 0.1) is 13.8 Å². The molecule has 0 aliphatic carbocycles. The van der Waals surface area contributed by atoms with E-state index in [0.717, 1.165) is 22.0 Å². The molecule has 25 heavy (non-hydrogen) atoms. The zero-order valence-electron chi connectivity index (χ0n) is 14.4. The maximum Gasteiger partial charge on any atom is 0.355 e. The number of ether oxygens (including phenoxy) is 1. The molecule has 2 aromatic carbocycles. The average Bonchev–Trinajstić information content (AvgIpc) is 3.00. The van der Waals surface area contributed by atoms with E-state index in [1.807, 2.05) is 38.1 Å². The summed E-state index contributed by atoms with van der Waals surface area (Å²) < 4.78 is 5.29. The van der Waals surface area contributed by atoms with Gasteiger partial charge in [-0.1, -0.05) is 24.3 Å². The Morgan fingerprint density at radius 2 is 1.80 bits per heavy atom. The molecule has 1 amide bonds. The molecule has 5 nitrogen and oxygen atoms in total. The number of nitrogens with one attached hydrogen (secondary N) is 2. The number of para-hydroxylation sites is 1. The molecule has 2 N–H and O–H groups in total. The Labute approximate surface area is 146 Å². The van der Waals surface area contributed by atoms with Gasteiger partial charge < -0.3 is 15.0 Å². The molecular weight excluding hydrogens is 316 g/mol. The van der Waals surface area contributed by atoms with Gasteiger partial charge >= 0.3 is 5.97 Å². The van der Waals surface area contributed by atoms with Crippen molar-refractivity contribution in [1.82, 2.24) is 4.98 Å². The van der Waals surface area contributed by atoms with E-state index in [1.165, 1.54) is 0 Å². The SMILES string of the molecule is Cc1cc(C)c2cc(C(=O)OC(C)C(=O)Nc3ccccc3)[nH]c2c1. The van der Waals surface area contributed by atoms with Gasteiger partial charge in [-0.3, -0.25) is 4.79 Å². The topological polar surface area (TPSA) is 71.2 Å². The molecule has 0 radical (unpaired) electrons. The van der Waals surface area contributed by atoms with Crippen LogP contribution in [0.25, 0.3) is 10.9 Å². The van der Waals surface area contributed by atoms with E-state index in [-0.39, 0.29) is 5.91 Å². The molecule has 0 spiro atoms. The zero-order valence-corrected chi connectivity index (χ0v) is 14.4. The normalized spacial score (nSPS) is 12.0. The van der Waals surface area contributed by atoms with Crippen LogP contribution >= 0.6 is 0 Å². The number of fused-ring (bicyclic) bond motifs is 1. The molecule has 0 bridgehead atoms. The summed E-state index contributed by atoms with van der Waals surface area (Å²) in [5, 5.41) is 3.69. The summed E-state index contributed by atoms with van der Waals surface area (Å²) in [6, 6.07) is 14.8. The van der Waals surface area contributed by atoms with E-state index in [2.05, 4.69) is 16.4 Å². The van der Waals surface area contributed by atoms with Gasteiger partial charge in [-0.05, 0) is 56.2 Å². The summed E-state index contributed by atoms with van der Waals surface area (Å²) in [7, 11) is 0. The molecule has 5 heteroatoms. The van der Waals surface area contributed by atoms with Crippen LogP contribution in [0.5, 0.6) is 0 Å². The summed E-state index contributed by atoms with van der Waals surface area (Å²) in [6.07, 6.45) is -0.901. The highest BCUT2D eigenvalue weighted by Gasteiger charge is 2.20. The van der Waals surface area contributed by atoms with Gasteiger partial charge in [-0.25, -0.2) is 4.79 Å². The van der Waals surface area contributed by atoms with Crippen LogP contribution in [-0.2, 0) is 9.53 Å². The molecule has 1 heterocycles. The highest BCUT2D eigenvalue weighted by Crippen LogP contribution is 2.22. The Kier molecular flexibility index (Phi) is 4.57. The average molecular weight is 336 g/mol. The predicted molar refractivity (Wildman–Crippen MR) is 97.7 cm³/mol. The number of carbonyl (C=O) groups is 2. The first-order valence-corrected chi connectivity index (χ1v) is 8.11. The fourth-order valence-electron chi connectivity index (χ4n) is 2.75. The molecule has 0 saturated heterocycles. The maximum absolute atomic E-state index is 12.3. The van der Waals surface area contributed by atoms with Gasteiger partial charge in [0.15, 0.2) is 6.10 Å². The van der Waals surface area contributed by atoms with Gasteiger partial charge in [-0.15, -0.1) is 0 Å². The lowest BCUT2D eigenvalue weighted by Crippen LogP contribution is -2.30. The van der Waals surface area contributed by atoms with E-state index in [1.54, 1.807) is 25.1 Å². The number of hydrogen-bond donors (Lipinski definition) is 2. The molecular formula is C20H20N2O3. The first-order chi connectivity index (χ1) is 11.9. The number of aromatic nitrogens is 1. The van der Waals surface area contributed by atoms with Crippen molar-refractivity contribution < 1.29 is 14.3 Å². The smallest absolute Gasteiger partial charge is 0.355 e. The molecule has 1 aromatic heterocycles. The molecule has 0 fully saturated rings. The number of rotatable bonds is 4. The van der Waals surface area contributed by atoms with Crippen LogP contribution in [0.2, 0.25) is 0 Å². The van der Waals surface area contributed by atoms with Crippen molar-refractivity contribution in [3.8, 4) is 0 Å². The van der Waals surface area contributed by atoms with Crippen molar-refractivity contribution in [3.63, 3.8) is 0 Å². The van der Waals surface area contributed by atoms with Crippen molar-refractivity contribution in [1.29, 1.82) is 0 Å². The number of aryl methyl sites for hydroxylation is 2. The van der Waals surface area contributed by atoms with Crippen molar-refractivity contribution in [3.05, 3.63) is 65.4 Å². The monoisotopic (exact) mass is 336 g/mol. The second kappa shape index (κ2) is 6.81. The van der Waals surface area contributed by atoms with Gasteiger partial charge in [0, 0.05) is 16.6 Å². The summed E-state index contributed by atoms with van der Waals surface area (Å²) in [5.74, 6) is -0.924. The molecule has 3 aromatic rings. The van der Waals surface area contributed by atoms with E-state index in [9.17, 15) is 9.59 Å². The number of hydrogen-bond acceptors (Lipinski definition) is 3. The quantitative estimate of drug-likeness (QED) is 0.708.